The molecule has 0 radical (unpaired) electrons. The average molecular weight is 268 g/mol. The molecule has 0 saturated carbocycles. The molecular weight excluding hydrogens is 255 g/mol. The number of carbonyl (C=O) groups excluding carboxylic acids is 1. The normalized spacial score (nSPS) is 11.0. The molecule has 1 aromatic rings. The largest absolute Gasteiger partial charge is 0.477 e. The second-order valence-corrected chi connectivity index (χ2v) is 3.53. The number of aliphatic carboxylic acids is 1. The third-order valence-electron chi connectivity index (χ3n) is 2.13. The molecule has 0 heterocycles. The maximum atomic E-state index is 13.4. The van der Waals surface area contributed by atoms with E-state index in [0.29, 0.717) is 0 Å². The Morgan fingerprint density at radius 3 is 2.74 bits per heavy atom. The van der Waals surface area contributed by atoms with Crippen LogP contribution in [0.4, 0.5) is 10.1 Å². The Hall–Kier alpha value is -2.44. The van der Waals surface area contributed by atoms with Gasteiger partial charge in [-0.25, -0.2) is 14.0 Å². The lowest BCUT2D eigenvalue weighted by molar-refractivity contribution is -0.129. The van der Waals surface area contributed by atoms with Crippen LogP contribution in [-0.4, -0.2) is 29.4 Å². The zero-order valence-corrected chi connectivity index (χ0v) is 10.4. The second kappa shape index (κ2) is 6.48. The Kier molecular flexibility index (Phi) is 4.99. The van der Waals surface area contributed by atoms with Gasteiger partial charge in [0.25, 0.3) is 0 Å². The Morgan fingerprint density at radius 1 is 1.47 bits per heavy atom. The predicted molar refractivity (Wildman–Crippen MR) is 66.7 cm³/mol. The second-order valence-electron chi connectivity index (χ2n) is 3.53. The van der Waals surface area contributed by atoms with E-state index >= 15 is 0 Å². The maximum Gasteiger partial charge on any atom is 0.351 e. The van der Waals surface area contributed by atoms with Gasteiger partial charge in [0.15, 0.2) is 0 Å². The summed E-state index contributed by atoms with van der Waals surface area (Å²) in [6, 6.07) is 3.54. The summed E-state index contributed by atoms with van der Waals surface area (Å²) >= 11 is 0. The summed E-state index contributed by atoms with van der Waals surface area (Å²) in [5, 5.41) is 12.1. The number of hydrogen-bond acceptors (Lipinski definition) is 5. The Labute approximate surface area is 108 Å². The molecule has 0 saturated heterocycles. The van der Waals surface area contributed by atoms with Crippen molar-refractivity contribution in [2.24, 2.45) is 5.10 Å². The number of carbonyl (C=O) groups is 2. The molecule has 0 aliphatic carbocycles. The zero-order valence-electron chi connectivity index (χ0n) is 10.4. The van der Waals surface area contributed by atoms with E-state index in [1.54, 1.807) is 6.92 Å². The Morgan fingerprint density at radius 2 is 2.16 bits per heavy atom. The quantitative estimate of drug-likeness (QED) is 0.483. The first-order valence-electron chi connectivity index (χ1n) is 5.46. The van der Waals surface area contributed by atoms with Crippen molar-refractivity contribution < 1.29 is 23.8 Å². The summed E-state index contributed by atoms with van der Waals surface area (Å²) in [6.45, 7) is 3.11. The van der Waals surface area contributed by atoms with Gasteiger partial charge in [0, 0.05) is 0 Å². The van der Waals surface area contributed by atoms with Crippen LogP contribution in [0.2, 0.25) is 0 Å². The number of carboxylic acid groups (broad SMARTS) is 1. The molecule has 1 rings (SSSR count). The van der Waals surface area contributed by atoms with Gasteiger partial charge in [0.1, 0.15) is 11.5 Å². The molecule has 0 unspecified atom stereocenters. The summed E-state index contributed by atoms with van der Waals surface area (Å²) in [6.07, 6.45) is 0. The van der Waals surface area contributed by atoms with Crippen LogP contribution < -0.4 is 5.43 Å². The van der Waals surface area contributed by atoms with Crippen molar-refractivity contribution in [3.63, 3.8) is 0 Å². The molecule has 0 aromatic heterocycles. The minimum Gasteiger partial charge on any atom is -0.477 e. The Bertz CT molecular complexity index is 528. The molecule has 6 nitrogen and oxygen atoms in total. The fraction of sp³-hybridized carbons (Fsp3) is 0.250. The monoisotopic (exact) mass is 268 g/mol. The number of hydrogen-bond donors (Lipinski definition) is 2. The SMILES string of the molecule is CCOC(=O)c1ccc(F)c(N/N=C(\C)C(=O)O)c1. The topological polar surface area (TPSA) is 88.0 Å². The molecule has 0 atom stereocenters. The first kappa shape index (κ1) is 14.6. The highest BCUT2D eigenvalue weighted by atomic mass is 19.1. The molecule has 2 N–H and O–H groups in total. The lowest BCUT2D eigenvalue weighted by Gasteiger charge is -2.06. The highest BCUT2D eigenvalue weighted by Crippen LogP contribution is 2.17. The molecule has 19 heavy (non-hydrogen) atoms. The number of anilines is 1. The lowest BCUT2D eigenvalue weighted by Crippen LogP contribution is -2.11. The molecule has 7 heteroatoms. The molecule has 0 aliphatic heterocycles. The van der Waals surface area contributed by atoms with Crippen molar-refractivity contribution in [3.8, 4) is 0 Å². The summed E-state index contributed by atoms with van der Waals surface area (Å²) < 4.78 is 18.2. The van der Waals surface area contributed by atoms with Crippen molar-refractivity contribution in [2.45, 2.75) is 13.8 Å². The molecule has 102 valence electrons. The summed E-state index contributed by atoms with van der Waals surface area (Å²) in [4.78, 5) is 22.0. The third-order valence-corrected chi connectivity index (χ3v) is 2.13. The van der Waals surface area contributed by atoms with Gasteiger partial charge >= 0.3 is 11.9 Å². The van der Waals surface area contributed by atoms with Gasteiger partial charge in [-0.2, -0.15) is 5.10 Å². The molecule has 0 spiro atoms. The van der Waals surface area contributed by atoms with Crippen LogP contribution in [0.25, 0.3) is 0 Å². The Balaban J connectivity index is 2.95. The van der Waals surface area contributed by atoms with E-state index in [1.807, 2.05) is 0 Å². The van der Waals surface area contributed by atoms with Gasteiger partial charge in [-0.1, -0.05) is 0 Å². The van der Waals surface area contributed by atoms with Crippen LogP contribution >= 0.6 is 0 Å². The van der Waals surface area contributed by atoms with Gasteiger partial charge in [0.2, 0.25) is 0 Å². The van der Waals surface area contributed by atoms with Crippen LogP contribution in [0.5, 0.6) is 0 Å². The fourth-order valence-corrected chi connectivity index (χ4v) is 1.14. The minimum absolute atomic E-state index is 0.105. The van der Waals surface area contributed by atoms with Crippen molar-refractivity contribution in [1.82, 2.24) is 0 Å². The number of ether oxygens (including phenoxy) is 1. The van der Waals surface area contributed by atoms with Gasteiger partial charge in [-0.15, -0.1) is 0 Å². The van der Waals surface area contributed by atoms with E-state index < -0.39 is 17.8 Å². The predicted octanol–water partition coefficient (Wildman–Crippen LogP) is 1.87. The smallest absolute Gasteiger partial charge is 0.351 e. The van der Waals surface area contributed by atoms with Crippen molar-refractivity contribution in [2.75, 3.05) is 12.0 Å². The van der Waals surface area contributed by atoms with Gasteiger partial charge in [0.05, 0.1) is 17.9 Å². The highest BCUT2D eigenvalue weighted by molar-refractivity contribution is 6.34. The van der Waals surface area contributed by atoms with E-state index in [4.69, 9.17) is 9.84 Å². The molecule has 0 bridgehead atoms. The average Bonchev–Trinajstić information content (AvgIpc) is 2.37. The number of esters is 1. The summed E-state index contributed by atoms with van der Waals surface area (Å²) in [7, 11) is 0. The van der Waals surface area contributed by atoms with E-state index in [1.165, 1.54) is 19.1 Å². The van der Waals surface area contributed by atoms with Crippen molar-refractivity contribution >= 4 is 23.3 Å². The molecule has 0 aliphatic rings. The number of hydrazone groups is 1. The van der Waals surface area contributed by atoms with Crippen LogP contribution in [0.3, 0.4) is 0 Å². The highest BCUT2D eigenvalue weighted by Gasteiger charge is 2.10. The van der Waals surface area contributed by atoms with Crippen molar-refractivity contribution in [3.05, 3.63) is 29.6 Å². The van der Waals surface area contributed by atoms with E-state index in [9.17, 15) is 14.0 Å². The maximum absolute atomic E-state index is 13.4. The number of nitrogens with one attached hydrogen (secondary N) is 1. The number of carboxylic acids is 1. The number of rotatable bonds is 5. The minimum atomic E-state index is -1.23. The van der Waals surface area contributed by atoms with Crippen LogP contribution in [0.1, 0.15) is 24.2 Å². The molecular formula is C12H13FN2O4. The molecule has 0 fully saturated rings. The zero-order chi connectivity index (χ0) is 14.4. The van der Waals surface area contributed by atoms with E-state index in [0.717, 1.165) is 6.07 Å². The molecule has 1 aromatic carbocycles. The summed E-state index contributed by atoms with van der Waals surface area (Å²) in [5.41, 5.74) is 2.06. The van der Waals surface area contributed by atoms with E-state index in [-0.39, 0.29) is 23.6 Å². The van der Waals surface area contributed by atoms with Crippen LogP contribution in [0, 0.1) is 5.82 Å². The summed E-state index contributed by atoms with van der Waals surface area (Å²) in [5.74, 6) is -2.48. The van der Waals surface area contributed by atoms with Crippen LogP contribution in [-0.2, 0) is 9.53 Å². The first-order chi connectivity index (χ1) is 8.95. The lowest BCUT2D eigenvalue weighted by atomic mass is 10.2. The van der Waals surface area contributed by atoms with Gasteiger partial charge < -0.3 is 9.84 Å². The third kappa shape index (κ3) is 4.06. The van der Waals surface area contributed by atoms with E-state index in [2.05, 4.69) is 10.5 Å². The fourth-order valence-electron chi connectivity index (χ4n) is 1.14. The number of halogens is 1. The van der Waals surface area contributed by atoms with Crippen LogP contribution in [0.15, 0.2) is 23.3 Å². The van der Waals surface area contributed by atoms with Crippen molar-refractivity contribution in [1.29, 1.82) is 0 Å². The molecule has 0 amide bonds. The number of benzene rings is 1. The standard InChI is InChI=1S/C12H13FN2O4/c1-3-19-12(18)8-4-5-9(13)10(6-8)15-14-7(2)11(16)17/h4-6,15H,3H2,1-2H3,(H,16,17)/b14-7+. The van der Waals surface area contributed by atoms with Gasteiger partial charge in [-0.05, 0) is 32.0 Å². The van der Waals surface area contributed by atoms with Gasteiger partial charge in [-0.3, -0.25) is 5.43 Å². The number of nitrogens with zero attached hydrogens (tertiary/aromatic N) is 1. The first-order valence-corrected chi connectivity index (χ1v) is 5.46.